The minimum Gasteiger partial charge on any atom is -0.465 e. The summed E-state index contributed by atoms with van der Waals surface area (Å²) in [5.74, 6) is -1.80. The van der Waals surface area contributed by atoms with Gasteiger partial charge in [-0.3, -0.25) is 14.3 Å². The molecule has 1 fully saturated rings. The Bertz CT molecular complexity index is 1380. The molecule has 1 unspecified atom stereocenters. The summed E-state index contributed by atoms with van der Waals surface area (Å²) in [7, 11) is 0. The van der Waals surface area contributed by atoms with E-state index in [0.29, 0.717) is 11.1 Å². The minimum absolute atomic E-state index is 0.0360. The van der Waals surface area contributed by atoms with Crippen molar-refractivity contribution in [3.63, 3.8) is 0 Å². The van der Waals surface area contributed by atoms with Gasteiger partial charge in [-0.1, -0.05) is 43.6 Å². The Morgan fingerprint density at radius 3 is 2.61 bits per heavy atom. The third-order valence-electron chi connectivity index (χ3n) is 6.22. The summed E-state index contributed by atoms with van der Waals surface area (Å²) in [5, 5.41) is 13.5. The molecule has 1 amide bonds. The second kappa shape index (κ2) is 9.90. The average molecular weight is 521 g/mol. The lowest BCUT2D eigenvalue weighted by Crippen LogP contribution is -2.42. The van der Waals surface area contributed by atoms with Crippen LogP contribution in [0.5, 0.6) is 0 Å². The molecule has 2 aromatic heterocycles. The molecule has 192 valence electrons. The number of carboxylic acid groups (broad SMARTS) is 1. The van der Waals surface area contributed by atoms with Crippen LogP contribution in [-0.2, 0) is 11.3 Å². The molecule has 0 aliphatic carbocycles. The SMILES string of the molecule is CC(C)(C)C1CN(C(=O)O)C[C@H](Cn2cc(-c3noc(=O)[nH]3)ccc2=O)[C@H](c2ccc(Cl)c(F)c2)O1. The fraction of sp³-hybridized carbons (Fsp3) is 0.417. The van der Waals surface area contributed by atoms with E-state index in [2.05, 4.69) is 14.7 Å². The van der Waals surface area contributed by atoms with E-state index in [0.717, 1.165) is 0 Å². The Hall–Kier alpha value is -3.44. The highest BCUT2D eigenvalue weighted by Crippen LogP contribution is 2.38. The summed E-state index contributed by atoms with van der Waals surface area (Å²) >= 11 is 5.90. The van der Waals surface area contributed by atoms with Gasteiger partial charge in [-0.25, -0.2) is 14.0 Å². The molecule has 2 N–H and O–H groups in total. The number of carbonyl (C=O) groups is 1. The molecule has 3 atom stereocenters. The van der Waals surface area contributed by atoms with E-state index in [1.165, 1.54) is 39.9 Å². The first kappa shape index (κ1) is 25.6. The molecular formula is C24H26ClFN4O6. The normalized spacial score (nSPS) is 20.8. The predicted octanol–water partition coefficient (Wildman–Crippen LogP) is 3.77. The van der Waals surface area contributed by atoms with Crippen molar-refractivity contribution < 1.29 is 23.6 Å². The van der Waals surface area contributed by atoms with Crippen LogP contribution in [0.4, 0.5) is 9.18 Å². The lowest BCUT2D eigenvalue weighted by Gasteiger charge is -2.34. The maximum Gasteiger partial charge on any atom is 0.439 e. The number of ether oxygens (including phenoxy) is 1. The molecule has 12 heteroatoms. The van der Waals surface area contributed by atoms with E-state index in [1.54, 1.807) is 6.07 Å². The zero-order chi connectivity index (χ0) is 26.2. The van der Waals surface area contributed by atoms with Crippen LogP contribution in [0.2, 0.25) is 5.02 Å². The number of nitrogens with one attached hydrogen (secondary N) is 1. The molecule has 1 aromatic carbocycles. The minimum atomic E-state index is -1.12. The fourth-order valence-corrected chi connectivity index (χ4v) is 4.35. The quantitative estimate of drug-likeness (QED) is 0.535. The summed E-state index contributed by atoms with van der Waals surface area (Å²) in [4.78, 5) is 39.9. The molecule has 0 spiro atoms. The summed E-state index contributed by atoms with van der Waals surface area (Å²) in [6.07, 6.45) is -0.882. The van der Waals surface area contributed by atoms with Gasteiger partial charge < -0.3 is 19.3 Å². The van der Waals surface area contributed by atoms with Crippen molar-refractivity contribution >= 4 is 17.7 Å². The number of H-pyrrole nitrogens is 1. The Labute approximate surface area is 210 Å². The van der Waals surface area contributed by atoms with E-state index in [4.69, 9.17) is 16.3 Å². The zero-order valence-corrected chi connectivity index (χ0v) is 20.7. The number of amides is 1. The first-order valence-electron chi connectivity index (χ1n) is 11.3. The number of hydrogen-bond donors (Lipinski definition) is 2. The summed E-state index contributed by atoms with van der Waals surface area (Å²) in [6, 6.07) is 7.13. The van der Waals surface area contributed by atoms with Crippen LogP contribution in [0.15, 0.2) is 50.6 Å². The van der Waals surface area contributed by atoms with Gasteiger partial charge in [-0.2, -0.15) is 0 Å². The number of nitrogens with zero attached hydrogens (tertiary/aromatic N) is 3. The lowest BCUT2D eigenvalue weighted by molar-refractivity contribution is -0.0789. The van der Waals surface area contributed by atoms with Crippen LogP contribution in [0.3, 0.4) is 0 Å². The summed E-state index contributed by atoms with van der Waals surface area (Å²) in [6.45, 7) is 5.99. The fourth-order valence-electron chi connectivity index (χ4n) is 4.23. The smallest absolute Gasteiger partial charge is 0.439 e. The average Bonchev–Trinajstić information content (AvgIpc) is 3.13. The maximum absolute atomic E-state index is 14.4. The van der Waals surface area contributed by atoms with Crippen molar-refractivity contribution in [1.29, 1.82) is 0 Å². The number of benzene rings is 1. The second-order valence-corrected chi connectivity index (χ2v) is 10.3. The van der Waals surface area contributed by atoms with Gasteiger partial charge in [-0.15, -0.1) is 0 Å². The molecule has 4 rings (SSSR count). The molecule has 0 radical (unpaired) electrons. The van der Waals surface area contributed by atoms with Crippen LogP contribution in [-0.4, -0.2) is 50.0 Å². The molecule has 1 aliphatic rings. The van der Waals surface area contributed by atoms with Gasteiger partial charge in [-0.05, 0) is 29.2 Å². The number of halogens is 2. The Morgan fingerprint density at radius 2 is 2.00 bits per heavy atom. The first-order valence-corrected chi connectivity index (χ1v) is 11.7. The van der Waals surface area contributed by atoms with Crippen LogP contribution in [0.1, 0.15) is 32.4 Å². The number of aromatic nitrogens is 3. The third-order valence-corrected chi connectivity index (χ3v) is 6.52. The van der Waals surface area contributed by atoms with E-state index in [-0.39, 0.29) is 36.0 Å². The summed E-state index contributed by atoms with van der Waals surface area (Å²) in [5.41, 5.74) is 0.116. The van der Waals surface area contributed by atoms with Crippen LogP contribution < -0.4 is 11.3 Å². The van der Waals surface area contributed by atoms with Crippen molar-refractivity contribution in [3.8, 4) is 11.4 Å². The van der Waals surface area contributed by atoms with E-state index >= 15 is 0 Å². The second-order valence-electron chi connectivity index (χ2n) is 9.88. The molecule has 3 aromatic rings. The number of rotatable bonds is 4. The van der Waals surface area contributed by atoms with Gasteiger partial charge in [0.2, 0.25) is 0 Å². The largest absolute Gasteiger partial charge is 0.465 e. The zero-order valence-electron chi connectivity index (χ0n) is 19.9. The van der Waals surface area contributed by atoms with Crippen molar-refractivity contribution in [3.05, 3.63) is 73.8 Å². The molecule has 1 aliphatic heterocycles. The molecule has 0 bridgehead atoms. The Kier molecular flexibility index (Phi) is 7.05. The number of hydrogen-bond acceptors (Lipinski definition) is 6. The van der Waals surface area contributed by atoms with Gasteiger partial charge in [0, 0.05) is 36.8 Å². The molecule has 1 saturated heterocycles. The number of pyridine rings is 1. The van der Waals surface area contributed by atoms with E-state index in [1.807, 2.05) is 20.8 Å². The molecular weight excluding hydrogens is 495 g/mol. The Morgan fingerprint density at radius 1 is 1.25 bits per heavy atom. The highest BCUT2D eigenvalue weighted by atomic mass is 35.5. The van der Waals surface area contributed by atoms with E-state index < -0.39 is 41.2 Å². The highest BCUT2D eigenvalue weighted by molar-refractivity contribution is 6.30. The van der Waals surface area contributed by atoms with E-state index in [9.17, 15) is 23.9 Å². The van der Waals surface area contributed by atoms with Gasteiger partial charge in [0.1, 0.15) is 5.82 Å². The number of aromatic amines is 1. The topological polar surface area (TPSA) is 131 Å². The van der Waals surface area contributed by atoms with Gasteiger partial charge in [0.05, 0.1) is 23.8 Å². The first-order chi connectivity index (χ1) is 16.9. The highest BCUT2D eigenvalue weighted by Gasteiger charge is 2.40. The monoisotopic (exact) mass is 520 g/mol. The molecule has 10 nitrogen and oxygen atoms in total. The third kappa shape index (κ3) is 5.52. The van der Waals surface area contributed by atoms with Crippen LogP contribution >= 0.6 is 11.6 Å². The maximum atomic E-state index is 14.4. The standard InChI is InChI=1S/C24H26ClFN4O6/c1-24(2,3)18-12-30(23(33)34)11-15(20(35-18)13-4-6-16(25)17(26)8-13)10-29-9-14(5-7-19(29)31)21-27-22(32)36-28-21/h4-9,15,18,20H,10-12H2,1-3H3,(H,33,34)(H,27,28,32)/t15-,18?,20-/m0/s1. The van der Waals surface area contributed by atoms with Crippen molar-refractivity contribution in [2.24, 2.45) is 11.3 Å². The van der Waals surface area contributed by atoms with Crippen LogP contribution in [0.25, 0.3) is 11.4 Å². The van der Waals surface area contributed by atoms with Gasteiger partial charge in [0.25, 0.3) is 5.56 Å². The van der Waals surface area contributed by atoms with Crippen molar-refractivity contribution in [1.82, 2.24) is 19.6 Å². The van der Waals surface area contributed by atoms with Crippen molar-refractivity contribution in [2.75, 3.05) is 13.1 Å². The Balaban J connectivity index is 1.78. The molecule has 3 heterocycles. The van der Waals surface area contributed by atoms with Crippen molar-refractivity contribution in [2.45, 2.75) is 39.5 Å². The van der Waals surface area contributed by atoms with Gasteiger partial charge >= 0.3 is 11.8 Å². The molecule has 0 saturated carbocycles. The van der Waals surface area contributed by atoms with Gasteiger partial charge in [0.15, 0.2) is 5.82 Å². The lowest BCUT2D eigenvalue weighted by atomic mass is 9.88. The predicted molar refractivity (Wildman–Crippen MR) is 128 cm³/mol. The summed E-state index contributed by atoms with van der Waals surface area (Å²) < 4.78 is 26.8. The molecule has 36 heavy (non-hydrogen) atoms. The van der Waals surface area contributed by atoms with Crippen LogP contribution in [0, 0.1) is 17.2 Å².